The Morgan fingerprint density at radius 3 is 2.50 bits per heavy atom. The Bertz CT molecular complexity index is 356. The highest BCUT2D eigenvalue weighted by atomic mass is 32.1. The zero-order valence-corrected chi connectivity index (χ0v) is 10.4. The average molecular weight is 257 g/mol. The fourth-order valence-corrected chi connectivity index (χ4v) is 2.99. The standard InChI is InChI=1S/C10H12NO3PS/c12-10(16)11(8-15-13-6-7-14-15)9-4-2-1-3-5-9/h1-5H,6-8H2,(H,12,16). The Morgan fingerprint density at radius 1 is 1.31 bits per heavy atom. The van der Waals surface area contributed by atoms with Crippen LogP contribution in [-0.4, -0.2) is 24.7 Å². The molecule has 1 aliphatic rings. The number of thiol groups is 1. The molecule has 0 radical (unpaired) electrons. The van der Waals surface area contributed by atoms with Crippen LogP contribution in [0.5, 0.6) is 0 Å². The van der Waals surface area contributed by atoms with E-state index >= 15 is 0 Å². The van der Waals surface area contributed by atoms with E-state index in [1.807, 2.05) is 30.3 Å². The van der Waals surface area contributed by atoms with Gasteiger partial charge in [0.15, 0.2) is 8.38 Å². The zero-order valence-electron chi connectivity index (χ0n) is 8.57. The Hall–Kier alpha value is -0.610. The first-order valence-corrected chi connectivity index (χ1v) is 6.67. The SMILES string of the molecule is O=C(S)N(CP1OCCO1)c1ccccc1. The van der Waals surface area contributed by atoms with Gasteiger partial charge in [0.2, 0.25) is 0 Å². The lowest BCUT2D eigenvalue weighted by molar-refractivity contribution is 0.265. The summed E-state index contributed by atoms with van der Waals surface area (Å²) in [6.45, 7) is 1.21. The molecule has 0 aromatic heterocycles. The van der Waals surface area contributed by atoms with Crippen LogP contribution >= 0.6 is 21.0 Å². The minimum atomic E-state index is -0.984. The van der Waals surface area contributed by atoms with Gasteiger partial charge in [-0.2, -0.15) is 0 Å². The van der Waals surface area contributed by atoms with Crippen LogP contribution in [0.4, 0.5) is 10.5 Å². The van der Waals surface area contributed by atoms with Crippen LogP contribution in [0.15, 0.2) is 30.3 Å². The molecule has 1 saturated heterocycles. The van der Waals surface area contributed by atoms with E-state index in [2.05, 4.69) is 12.6 Å². The lowest BCUT2D eigenvalue weighted by Crippen LogP contribution is -2.26. The van der Waals surface area contributed by atoms with Gasteiger partial charge < -0.3 is 9.05 Å². The van der Waals surface area contributed by atoms with Crippen LogP contribution in [0.25, 0.3) is 0 Å². The van der Waals surface area contributed by atoms with Gasteiger partial charge in [0, 0.05) is 5.69 Å². The minimum Gasteiger partial charge on any atom is -0.330 e. The fraction of sp³-hybridized carbons (Fsp3) is 0.300. The summed E-state index contributed by atoms with van der Waals surface area (Å²) in [6, 6.07) is 9.38. The smallest absolute Gasteiger partial charge is 0.283 e. The maximum Gasteiger partial charge on any atom is 0.283 e. The van der Waals surface area contributed by atoms with E-state index in [4.69, 9.17) is 9.05 Å². The number of hydrogen-bond donors (Lipinski definition) is 1. The molecule has 1 amide bonds. The third kappa shape index (κ3) is 2.95. The van der Waals surface area contributed by atoms with Gasteiger partial charge in [-0.3, -0.25) is 9.69 Å². The Kier molecular flexibility index (Phi) is 4.18. The monoisotopic (exact) mass is 257 g/mol. The summed E-state index contributed by atoms with van der Waals surface area (Å²) in [5.74, 6) is 0. The molecule has 0 aliphatic carbocycles. The summed E-state index contributed by atoms with van der Waals surface area (Å²) >= 11 is 3.86. The van der Waals surface area contributed by atoms with Crippen molar-refractivity contribution < 1.29 is 13.8 Å². The van der Waals surface area contributed by atoms with Crippen molar-refractivity contribution in [3.05, 3.63) is 30.3 Å². The van der Waals surface area contributed by atoms with Crippen molar-refractivity contribution in [2.75, 3.05) is 24.4 Å². The van der Waals surface area contributed by atoms with Gasteiger partial charge in [-0.05, 0) is 12.1 Å². The van der Waals surface area contributed by atoms with E-state index in [1.54, 1.807) is 4.90 Å². The molecule has 0 N–H and O–H groups in total. The Balaban J connectivity index is 2.08. The molecule has 0 saturated carbocycles. The topological polar surface area (TPSA) is 38.8 Å². The highest BCUT2D eigenvalue weighted by Crippen LogP contribution is 2.43. The van der Waals surface area contributed by atoms with E-state index < -0.39 is 8.38 Å². The second-order valence-electron chi connectivity index (χ2n) is 3.19. The van der Waals surface area contributed by atoms with E-state index in [1.165, 1.54) is 0 Å². The first-order chi connectivity index (χ1) is 7.77. The molecular formula is C10H12NO3PS. The van der Waals surface area contributed by atoms with Crippen molar-refractivity contribution in [2.45, 2.75) is 0 Å². The normalized spacial score (nSPS) is 16.3. The zero-order chi connectivity index (χ0) is 11.4. The molecule has 1 aliphatic heterocycles. The van der Waals surface area contributed by atoms with Gasteiger partial charge in [0.1, 0.15) is 0 Å². The van der Waals surface area contributed by atoms with E-state index in [0.29, 0.717) is 19.5 Å². The molecule has 0 atom stereocenters. The van der Waals surface area contributed by atoms with Crippen LogP contribution in [-0.2, 0) is 9.05 Å². The molecule has 0 unspecified atom stereocenters. The minimum absolute atomic E-state index is 0.298. The summed E-state index contributed by atoms with van der Waals surface area (Å²) < 4.78 is 10.7. The van der Waals surface area contributed by atoms with Gasteiger partial charge in [0.05, 0.1) is 19.5 Å². The summed E-state index contributed by atoms with van der Waals surface area (Å²) in [5, 5.41) is -0.298. The third-order valence-corrected chi connectivity index (χ3v) is 3.81. The second kappa shape index (κ2) is 5.64. The van der Waals surface area contributed by atoms with Crippen molar-refractivity contribution in [1.82, 2.24) is 0 Å². The molecule has 0 bridgehead atoms. The van der Waals surface area contributed by atoms with Crippen LogP contribution < -0.4 is 4.90 Å². The molecule has 1 fully saturated rings. The highest BCUT2D eigenvalue weighted by Gasteiger charge is 2.23. The van der Waals surface area contributed by atoms with Gasteiger partial charge in [0.25, 0.3) is 5.24 Å². The molecule has 2 rings (SSSR count). The molecule has 16 heavy (non-hydrogen) atoms. The molecule has 1 aromatic rings. The molecular weight excluding hydrogens is 245 g/mol. The average Bonchev–Trinajstić information content (AvgIpc) is 2.79. The second-order valence-corrected chi connectivity index (χ2v) is 5.03. The van der Waals surface area contributed by atoms with Crippen LogP contribution in [0, 0.1) is 0 Å². The number of hydrogen-bond acceptors (Lipinski definition) is 3. The number of benzene rings is 1. The number of anilines is 1. The fourth-order valence-electron chi connectivity index (χ4n) is 1.37. The van der Waals surface area contributed by atoms with Crippen molar-refractivity contribution >= 4 is 31.9 Å². The molecule has 0 spiro atoms. The molecule has 1 aromatic carbocycles. The van der Waals surface area contributed by atoms with Crippen LogP contribution in [0.1, 0.15) is 0 Å². The lowest BCUT2D eigenvalue weighted by atomic mass is 10.3. The predicted molar refractivity (Wildman–Crippen MR) is 67.0 cm³/mol. The largest absolute Gasteiger partial charge is 0.330 e. The number of carbonyl (C=O) groups is 1. The van der Waals surface area contributed by atoms with Crippen molar-refractivity contribution in [3.63, 3.8) is 0 Å². The predicted octanol–water partition coefficient (Wildman–Crippen LogP) is 2.86. The van der Waals surface area contributed by atoms with E-state index in [-0.39, 0.29) is 5.24 Å². The van der Waals surface area contributed by atoms with E-state index in [0.717, 1.165) is 5.69 Å². The van der Waals surface area contributed by atoms with Gasteiger partial charge >= 0.3 is 0 Å². The molecule has 4 nitrogen and oxygen atoms in total. The highest BCUT2D eigenvalue weighted by molar-refractivity contribution is 7.97. The first-order valence-electron chi connectivity index (χ1n) is 4.86. The molecule has 1 heterocycles. The molecule has 86 valence electrons. The number of nitrogens with zero attached hydrogens (tertiary/aromatic N) is 1. The first kappa shape index (κ1) is 11.9. The van der Waals surface area contributed by atoms with E-state index in [9.17, 15) is 4.79 Å². The summed E-state index contributed by atoms with van der Waals surface area (Å²) in [4.78, 5) is 13.0. The van der Waals surface area contributed by atoms with Gasteiger partial charge in [-0.15, -0.1) is 0 Å². The van der Waals surface area contributed by atoms with Gasteiger partial charge in [-0.25, -0.2) is 0 Å². The number of carbonyl (C=O) groups excluding carboxylic acids is 1. The molecule has 6 heteroatoms. The van der Waals surface area contributed by atoms with Crippen LogP contribution in [0.2, 0.25) is 0 Å². The van der Waals surface area contributed by atoms with Crippen molar-refractivity contribution in [2.24, 2.45) is 0 Å². The maximum atomic E-state index is 11.4. The van der Waals surface area contributed by atoms with Crippen molar-refractivity contribution in [1.29, 1.82) is 0 Å². The Labute approximate surface area is 101 Å². The number of para-hydroxylation sites is 1. The number of amides is 1. The summed E-state index contributed by atoms with van der Waals surface area (Å²) in [5.41, 5.74) is 0.809. The van der Waals surface area contributed by atoms with Crippen molar-refractivity contribution in [3.8, 4) is 0 Å². The number of rotatable bonds is 3. The summed E-state index contributed by atoms with van der Waals surface area (Å²) in [7, 11) is -0.984. The summed E-state index contributed by atoms with van der Waals surface area (Å²) in [6.07, 6.45) is 0.432. The third-order valence-electron chi connectivity index (χ3n) is 2.11. The van der Waals surface area contributed by atoms with Crippen LogP contribution in [0.3, 0.4) is 0 Å². The maximum absolute atomic E-state index is 11.4. The Morgan fingerprint density at radius 2 is 1.94 bits per heavy atom. The van der Waals surface area contributed by atoms with Gasteiger partial charge in [-0.1, -0.05) is 30.8 Å². The quantitative estimate of drug-likeness (QED) is 0.668. The lowest BCUT2D eigenvalue weighted by Gasteiger charge is -2.22.